The van der Waals surface area contributed by atoms with Crippen LogP contribution in [0, 0.1) is 0 Å². The minimum absolute atomic E-state index is 0.0719. The van der Waals surface area contributed by atoms with Gasteiger partial charge in [-0.3, -0.25) is 0 Å². The fourth-order valence-electron chi connectivity index (χ4n) is 1.57. The van der Waals surface area contributed by atoms with Gasteiger partial charge in [-0.05, 0) is 17.9 Å². The van der Waals surface area contributed by atoms with E-state index in [-0.39, 0.29) is 11.1 Å². The van der Waals surface area contributed by atoms with Crippen molar-refractivity contribution in [2.75, 3.05) is 6.61 Å². The Balaban J connectivity index is 3.00. The third kappa shape index (κ3) is 3.32. The second-order valence-electron chi connectivity index (χ2n) is 5.03. The summed E-state index contributed by atoms with van der Waals surface area (Å²) in [5.41, 5.74) is 2.08. The first-order valence-corrected chi connectivity index (χ1v) is 5.96. The molecule has 18 heavy (non-hydrogen) atoms. The molecule has 0 saturated carbocycles. The van der Waals surface area contributed by atoms with Crippen LogP contribution in [0.15, 0.2) is 29.4 Å². The smallest absolute Gasteiger partial charge is 0.359 e. The molecule has 0 amide bonds. The van der Waals surface area contributed by atoms with Crippen molar-refractivity contribution in [3.63, 3.8) is 0 Å². The Hall–Kier alpha value is -1.84. The second kappa shape index (κ2) is 5.67. The van der Waals surface area contributed by atoms with Gasteiger partial charge in [-0.15, -0.1) is 0 Å². The van der Waals surface area contributed by atoms with Crippen LogP contribution < -0.4 is 5.84 Å². The fraction of sp³-hybridized carbons (Fsp3) is 0.429. The van der Waals surface area contributed by atoms with Gasteiger partial charge in [-0.25, -0.2) is 4.79 Å². The molecule has 0 aliphatic rings. The van der Waals surface area contributed by atoms with Crippen molar-refractivity contribution in [1.29, 1.82) is 0 Å². The van der Waals surface area contributed by atoms with E-state index < -0.39 is 5.97 Å². The molecule has 0 saturated heterocycles. The van der Waals surface area contributed by atoms with Crippen molar-refractivity contribution in [3.05, 3.63) is 35.4 Å². The Bertz CT molecular complexity index is 442. The predicted octanol–water partition coefficient (Wildman–Crippen LogP) is 2.21. The molecule has 0 fully saturated rings. The predicted molar refractivity (Wildman–Crippen MR) is 72.5 cm³/mol. The number of hydrogen-bond acceptors (Lipinski definition) is 4. The van der Waals surface area contributed by atoms with Crippen LogP contribution in [0.2, 0.25) is 0 Å². The second-order valence-corrected chi connectivity index (χ2v) is 5.03. The fourth-order valence-corrected chi connectivity index (χ4v) is 1.57. The van der Waals surface area contributed by atoms with E-state index in [1.54, 1.807) is 6.92 Å². The van der Waals surface area contributed by atoms with E-state index in [2.05, 4.69) is 25.9 Å². The first-order chi connectivity index (χ1) is 8.40. The molecule has 0 aromatic heterocycles. The molecule has 1 aromatic carbocycles. The van der Waals surface area contributed by atoms with Crippen molar-refractivity contribution < 1.29 is 9.53 Å². The van der Waals surface area contributed by atoms with Crippen LogP contribution in [0.1, 0.15) is 38.8 Å². The Labute approximate surface area is 108 Å². The molecule has 0 atom stereocenters. The van der Waals surface area contributed by atoms with Crippen molar-refractivity contribution in [2.24, 2.45) is 10.9 Å². The molecule has 98 valence electrons. The minimum atomic E-state index is -0.497. The molecule has 1 rings (SSSR count). The van der Waals surface area contributed by atoms with Crippen LogP contribution >= 0.6 is 0 Å². The van der Waals surface area contributed by atoms with Crippen LogP contribution in [0.4, 0.5) is 0 Å². The van der Waals surface area contributed by atoms with E-state index in [1.165, 1.54) is 5.56 Å². The van der Waals surface area contributed by atoms with Gasteiger partial charge in [0, 0.05) is 5.56 Å². The van der Waals surface area contributed by atoms with Crippen molar-refractivity contribution in [2.45, 2.75) is 33.1 Å². The van der Waals surface area contributed by atoms with Crippen molar-refractivity contribution >= 4 is 11.7 Å². The summed E-state index contributed by atoms with van der Waals surface area (Å²) in [6.07, 6.45) is 0. The minimum Gasteiger partial charge on any atom is -0.461 e. The molecule has 0 radical (unpaired) electrons. The normalized spacial score (nSPS) is 12.3. The number of carbonyl (C=O) groups excluding carboxylic acids is 1. The number of rotatable bonds is 3. The largest absolute Gasteiger partial charge is 0.461 e. The molecule has 4 heteroatoms. The summed E-state index contributed by atoms with van der Waals surface area (Å²) >= 11 is 0. The highest BCUT2D eigenvalue weighted by Crippen LogP contribution is 2.22. The Morgan fingerprint density at radius 3 is 2.22 bits per heavy atom. The van der Waals surface area contributed by atoms with Gasteiger partial charge >= 0.3 is 5.97 Å². The van der Waals surface area contributed by atoms with Crippen LogP contribution in [-0.2, 0) is 14.9 Å². The van der Waals surface area contributed by atoms with E-state index in [1.807, 2.05) is 24.3 Å². The molecule has 4 nitrogen and oxygen atoms in total. The number of ether oxygens (including phenoxy) is 1. The summed E-state index contributed by atoms with van der Waals surface area (Å²) in [6, 6.07) is 7.62. The number of esters is 1. The summed E-state index contributed by atoms with van der Waals surface area (Å²) in [6.45, 7) is 8.44. The number of carbonyl (C=O) groups is 1. The monoisotopic (exact) mass is 248 g/mol. The first kappa shape index (κ1) is 14.2. The zero-order chi connectivity index (χ0) is 13.8. The maximum atomic E-state index is 11.6. The average molecular weight is 248 g/mol. The van der Waals surface area contributed by atoms with Crippen LogP contribution in [0.25, 0.3) is 0 Å². The highest BCUT2D eigenvalue weighted by Gasteiger charge is 2.17. The Morgan fingerprint density at radius 2 is 1.83 bits per heavy atom. The van der Waals surface area contributed by atoms with Crippen LogP contribution in [-0.4, -0.2) is 18.3 Å². The first-order valence-electron chi connectivity index (χ1n) is 5.96. The SMILES string of the molecule is CCOC(=O)C(=NN)c1ccc(C(C)(C)C)cc1. The highest BCUT2D eigenvalue weighted by atomic mass is 16.5. The molecular weight excluding hydrogens is 228 g/mol. The summed E-state index contributed by atoms with van der Waals surface area (Å²) in [7, 11) is 0. The number of benzene rings is 1. The molecule has 0 spiro atoms. The van der Waals surface area contributed by atoms with Gasteiger partial charge in [0.05, 0.1) is 6.61 Å². The maximum absolute atomic E-state index is 11.6. The van der Waals surface area contributed by atoms with Gasteiger partial charge in [-0.2, -0.15) is 5.10 Å². The van der Waals surface area contributed by atoms with Crippen molar-refractivity contribution in [3.8, 4) is 0 Å². The molecule has 0 bridgehead atoms. The summed E-state index contributed by atoms with van der Waals surface area (Å²) in [5.74, 6) is 4.75. The lowest BCUT2D eigenvalue weighted by molar-refractivity contribution is -0.134. The number of nitrogens with two attached hydrogens (primary N) is 1. The molecular formula is C14H20N2O2. The molecule has 1 aromatic rings. The average Bonchev–Trinajstić information content (AvgIpc) is 2.30. The lowest BCUT2D eigenvalue weighted by Gasteiger charge is -2.19. The summed E-state index contributed by atoms with van der Waals surface area (Å²) in [5, 5.41) is 3.51. The number of nitrogens with zero attached hydrogens (tertiary/aromatic N) is 1. The Morgan fingerprint density at radius 1 is 1.28 bits per heavy atom. The standard InChI is InChI=1S/C14H20N2O2/c1-5-18-13(17)12(16-15)10-6-8-11(9-7-10)14(2,3)4/h6-9H,5,15H2,1-4H3. The third-order valence-corrected chi connectivity index (χ3v) is 2.62. The highest BCUT2D eigenvalue weighted by molar-refractivity contribution is 6.43. The van der Waals surface area contributed by atoms with Gasteiger partial charge in [0.15, 0.2) is 5.71 Å². The van der Waals surface area contributed by atoms with Gasteiger partial charge in [0.25, 0.3) is 0 Å². The van der Waals surface area contributed by atoms with E-state index in [0.717, 1.165) is 0 Å². The summed E-state index contributed by atoms with van der Waals surface area (Å²) in [4.78, 5) is 11.6. The van der Waals surface area contributed by atoms with E-state index in [0.29, 0.717) is 12.2 Å². The zero-order valence-corrected chi connectivity index (χ0v) is 11.4. The Kier molecular flexibility index (Phi) is 4.48. The summed E-state index contributed by atoms with van der Waals surface area (Å²) < 4.78 is 4.90. The van der Waals surface area contributed by atoms with E-state index in [9.17, 15) is 4.79 Å². The van der Waals surface area contributed by atoms with Crippen LogP contribution in [0.5, 0.6) is 0 Å². The van der Waals surface area contributed by atoms with Crippen molar-refractivity contribution in [1.82, 2.24) is 0 Å². The van der Waals surface area contributed by atoms with E-state index in [4.69, 9.17) is 10.6 Å². The zero-order valence-electron chi connectivity index (χ0n) is 11.4. The molecule has 0 heterocycles. The van der Waals surface area contributed by atoms with Crippen LogP contribution in [0.3, 0.4) is 0 Å². The van der Waals surface area contributed by atoms with Gasteiger partial charge < -0.3 is 10.6 Å². The van der Waals surface area contributed by atoms with E-state index >= 15 is 0 Å². The quantitative estimate of drug-likeness (QED) is 0.386. The number of hydrazone groups is 1. The molecule has 0 aliphatic carbocycles. The molecule has 2 N–H and O–H groups in total. The lowest BCUT2D eigenvalue weighted by atomic mass is 9.86. The molecule has 0 aliphatic heterocycles. The topological polar surface area (TPSA) is 64.7 Å². The van der Waals surface area contributed by atoms with Gasteiger partial charge in [0.1, 0.15) is 0 Å². The lowest BCUT2D eigenvalue weighted by Crippen LogP contribution is -2.20. The maximum Gasteiger partial charge on any atom is 0.359 e. The third-order valence-electron chi connectivity index (χ3n) is 2.62. The van der Waals surface area contributed by atoms with Gasteiger partial charge in [-0.1, -0.05) is 45.0 Å². The van der Waals surface area contributed by atoms with Gasteiger partial charge in [0.2, 0.25) is 0 Å². The number of hydrogen-bond donors (Lipinski definition) is 1. The molecule has 0 unspecified atom stereocenters.